The number of fused-ring (bicyclic) bond motifs is 2. The first-order valence-corrected chi connectivity index (χ1v) is 10.9. The van der Waals surface area contributed by atoms with Crippen LogP contribution in [-0.4, -0.2) is 41.3 Å². The van der Waals surface area contributed by atoms with Gasteiger partial charge in [-0.05, 0) is 50.3 Å². The van der Waals surface area contributed by atoms with Gasteiger partial charge in [0.2, 0.25) is 0 Å². The average molecular weight is 436 g/mol. The minimum absolute atomic E-state index is 0.148. The summed E-state index contributed by atoms with van der Waals surface area (Å²) < 4.78 is 11.8. The molecule has 3 aliphatic carbocycles. The third-order valence-corrected chi connectivity index (χ3v) is 6.87. The summed E-state index contributed by atoms with van der Waals surface area (Å²) in [6.45, 7) is 0. The van der Waals surface area contributed by atoms with E-state index in [4.69, 9.17) is 9.47 Å². The van der Waals surface area contributed by atoms with Gasteiger partial charge in [-0.1, -0.05) is 0 Å². The average Bonchev–Trinajstić information content (AvgIpc) is 3.55. The molecule has 1 aromatic heterocycles. The molecule has 32 heavy (non-hydrogen) atoms. The number of aromatic nitrogens is 2. The minimum atomic E-state index is -1.37. The summed E-state index contributed by atoms with van der Waals surface area (Å²) in [6, 6.07) is 6.39. The lowest BCUT2D eigenvalue weighted by atomic mass is 9.75. The zero-order valence-corrected chi connectivity index (χ0v) is 18.0. The molecule has 2 atom stereocenters. The van der Waals surface area contributed by atoms with Crippen LogP contribution in [0, 0.1) is 17.8 Å². The van der Waals surface area contributed by atoms with E-state index in [9.17, 15) is 19.2 Å². The number of carbonyl (C=O) groups is 3. The van der Waals surface area contributed by atoms with Gasteiger partial charge in [0, 0.05) is 23.8 Å². The van der Waals surface area contributed by atoms with Crippen LogP contribution in [0.2, 0.25) is 0 Å². The molecule has 3 aliphatic rings. The first-order valence-electron chi connectivity index (χ1n) is 10.9. The van der Waals surface area contributed by atoms with Gasteiger partial charge in [-0.25, -0.2) is 0 Å². The fourth-order valence-corrected chi connectivity index (χ4v) is 4.92. The Kier molecular flexibility index (Phi) is 4.95. The summed E-state index contributed by atoms with van der Waals surface area (Å²) in [5.41, 5.74) is 0.224. The third kappa shape index (κ3) is 3.25. The van der Waals surface area contributed by atoms with Gasteiger partial charge in [0.05, 0.1) is 31.2 Å². The summed E-state index contributed by atoms with van der Waals surface area (Å²) in [5, 5.41) is 4.49. The molecule has 8 nitrogen and oxygen atoms in total. The van der Waals surface area contributed by atoms with Crippen molar-refractivity contribution < 1.29 is 23.9 Å². The Balaban J connectivity index is 1.62. The van der Waals surface area contributed by atoms with Gasteiger partial charge in [0.1, 0.15) is 5.92 Å². The standard InChI is InChI=1S/C24H24N2O6/c1-31-18-8-7-15(10-19(18)32-2)26-24(30)16(11-17(25-26)12-3-4-12)23(29)20-21(27)13-5-6-14(9-13)22(20)28/h7-8,10-14,20H,3-6,9H2,1-2H3. The van der Waals surface area contributed by atoms with Crippen LogP contribution in [-0.2, 0) is 9.59 Å². The maximum Gasteiger partial charge on any atom is 0.282 e. The van der Waals surface area contributed by atoms with Gasteiger partial charge in [0.15, 0.2) is 28.8 Å². The van der Waals surface area contributed by atoms with Crippen molar-refractivity contribution in [3.05, 3.63) is 45.9 Å². The molecule has 0 saturated heterocycles. The molecule has 1 aromatic carbocycles. The molecule has 0 radical (unpaired) electrons. The van der Waals surface area contributed by atoms with Crippen molar-refractivity contribution >= 4 is 17.3 Å². The number of carbonyl (C=O) groups excluding carboxylic acids is 3. The molecular formula is C24H24N2O6. The predicted octanol–water partition coefficient (Wildman–Crippen LogP) is 2.49. The molecular weight excluding hydrogens is 412 g/mol. The first kappa shape index (κ1) is 20.6. The van der Waals surface area contributed by atoms with E-state index in [1.165, 1.54) is 20.3 Å². The van der Waals surface area contributed by atoms with E-state index < -0.39 is 17.3 Å². The van der Waals surface area contributed by atoms with Crippen molar-refractivity contribution in [2.24, 2.45) is 17.8 Å². The van der Waals surface area contributed by atoms with Crippen molar-refractivity contribution in [3.63, 3.8) is 0 Å². The van der Waals surface area contributed by atoms with Crippen molar-refractivity contribution in [1.29, 1.82) is 0 Å². The molecule has 2 bridgehead atoms. The van der Waals surface area contributed by atoms with Crippen LogP contribution in [0.1, 0.15) is 54.1 Å². The highest BCUT2D eigenvalue weighted by Gasteiger charge is 2.50. The fraction of sp³-hybridized carbons (Fsp3) is 0.458. The van der Waals surface area contributed by atoms with E-state index in [1.807, 2.05) is 0 Å². The number of ketones is 3. The lowest BCUT2D eigenvalue weighted by Crippen LogP contribution is -2.43. The van der Waals surface area contributed by atoms with Crippen LogP contribution < -0.4 is 15.0 Å². The normalized spacial score (nSPS) is 24.5. The number of hydrogen-bond donors (Lipinski definition) is 0. The summed E-state index contributed by atoms with van der Waals surface area (Å²) in [5.74, 6) is -2.20. The summed E-state index contributed by atoms with van der Waals surface area (Å²) in [6.07, 6.45) is 3.63. The molecule has 0 amide bonds. The number of ether oxygens (including phenoxy) is 2. The van der Waals surface area contributed by atoms with E-state index in [1.54, 1.807) is 18.2 Å². The number of benzene rings is 1. The minimum Gasteiger partial charge on any atom is -0.493 e. The maximum absolute atomic E-state index is 13.4. The van der Waals surface area contributed by atoms with Gasteiger partial charge in [-0.3, -0.25) is 19.2 Å². The molecule has 2 unspecified atom stereocenters. The second kappa shape index (κ2) is 7.69. The van der Waals surface area contributed by atoms with Crippen LogP contribution in [0.4, 0.5) is 0 Å². The molecule has 0 aliphatic heterocycles. The second-order valence-electron chi connectivity index (χ2n) is 8.82. The summed E-state index contributed by atoms with van der Waals surface area (Å²) in [7, 11) is 3.00. The lowest BCUT2D eigenvalue weighted by Gasteiger charge is -2.24. The zero-order chi connectivity index (χ0) is 22.6. The Hall–Kier alpha value is -3.29. The SMILES string of the molecule is COc1ccc(-n2nc(C3CC3)cc(C(=O)C3C(=O)C4CCC(C4)C3=O)c2=O)cc1OC. The number of nitrogens with zero attached hydrogens (tertiary/aromatic N) is 2. The van der Waals surface area contributed by atoms with Crippen molar-refractivity contribution in [3.8, 4) is 17.2 Å². The third-order valence-electron chi connectivity index (χ3n) is 6.87. The highest BCUT2D eigenvalue weighted by atomic mass is 16.5. The second-order valence-corrected chi connectivity index (χ2v) is 8.82. The highest BCUT2D eigenvalue weighted by molar-refractivity contribution is 6.26. The van der Waals surface area contributed by atoms with Crippen molar-refractivity contribution in [1.82, 2.24) is 9.78 Å². The van der Waals surface area contributed by atoms with Gasteiger partial charge < -0.3 is 9.47 Å². The summed E-state index contributed by atoms with van der Waals surface area (Å²) >= 11 is 0. The molecule has 0 spiro atoms. The maximum atomic E-state index is 13.4. The number of methoxy groups -OCH3 is 2. The topological polar surface area (TPSA) is 105 Å². The Morgan fingerprint density at radius 2 is 1.53 bits per heavy atom. The smallest absolute Gasteiger partial charge is 0.282 e. The molecule has 0 N–H and O–H groups in total. The largest absolute Gasteiger partial charge is 0.493 e. The highest BCUT2D eigenvalue weighted by Crippen LogP contribution is 2.42. The predicted molar refractivity (Wildman–Crippen MR) is 114 cm³/mol. The van der Waals surface area contributed by atoms with Crippen LogP contribution >= 0.6 is 0 Å². The van der Waals surface area contributed by atoms with Crippen LogP contribution in [0.15, 0.2) is 29.1 Å². The molecule has 166 valence electrons. The van der Waals surface area contributed by atoms with E-state index in [0.717, 1.165) is 17.5 Å². The Morgan fingerprint density at radius 3 is 2.12 bits per heavy atom. The van der Waals surface area contributed by atoms with Gasteiger partial charge in [0.25, 0.3) is 5.56 Å². The first-order chi connectivity index (χ1) is 15.4. The van der Waals surface area contributed by atoms with Gasteiger partial charge >= 0.3 is 0 Å². The quantitative estimate of drug-likeness (QED) is 0.506. The van der Waals surface area contributed by atoms with Crippen LogP contribution in [0.3, 0.4) is 0 Å². The molecule has 3 saturated carbocycles. The number of hydrogen-bond acceptors (Lipinski definition) is 7. The van der Waals surface area contributed by atoms with Crippen LogP contribution in [0.25, 0.3) is 5.69 Å². The lowest BCUT2D eigenvalue weighted by molar-refractivity contribution is -0.137. The van der Waals surface area contributed by atoms with Crippen LogP contribution in [0.5, 0.6) is 11.5 Å². The monoisotopic (exact) mass is 436 g/mol. The number of Topliss-reactive ketones (excluding diaryl/α,β-unsaturated/α-hetero) is 3. The zero-order valence-electron chi connectivity index (χ0n) is 18.0. The summed E-state index contributed by atoms with van der Waals surface area (Å²) in [4.78, 5) is 52.5. The number of rotatable bonds is 6. The van der Waals surface area contributed by atoms with E-state index in [0.29, 0.717) is 42.1 Å². The van der Waals surface area contributed by atoms with Crippen molar-refractivity contribution in [2.75, 3.05) is 14.2 Å². The van der Waals surface area contributed by atoms with Gasteiger partial charge in [-0.2, -0.15) is 9.78 Å². The van der Waals surface area contributed by atoms with Gasteiger partial charge in [-0.15, -0.1) is 0 Å². The van der Waals surface area contributed by atoms with E-state index in [-0.39, 0.29) is 34.9 Å². The Morgan fingerprint density at radius 1 is 0.906 bits per heavy atom. The Labute approximate surface area is 184 Å². The van der Waals surface area contributed by atoms with E-state index >= 15 is 0 Å². The molecule has 1 heterocycles. The van der Waals surface area contributed by atoms with E-state index in [2.05, 4.69) is 5.10 Å². The molecule has 3 fully saturated rings. The molecule has 5 rings (SSSR count). The molecule has 8 heteroatoms. The fourth-order valence-electron chi connectivity index (χ4n) is 4.92. The molecule has 2 aromatic rings. The Bertz CT molecular complexity index is 1170. The van der Waals surface area contributed by atoms with Crippen molar-refractivity contribution in [2.45, 2.75) is 38.0 Å².